The molecule has 4 nitrogen and oxygen atoms in total. The number of ether oxygens (including phenoxy) is 2. The maximum Gasteiger partial charge on any atom is 0.161 e. The van der Waals surface area contributed by atoms with E-state index in [1.807, 2.05) is 18.2 Å². The van der Waals surface area contributed by atoms with Crippen LogP contribution in [0.4, 0.5) is 0 Å². The summed E-state index contributed by atoms with van der Waals surface area (Å²) in [7, 11) is 0. The fourth-order valence-electron chi connectivity index (χ4n) is 2.01. The number of aliphatic hydroxyl groups excluding tert-OH is 1. The van der Waals surface area contributed by atoms with E-state index in [1.165, 1.54) is 5.56 Å². The van der Waals surface area contributed by atoms with Crippen molar-refractivity contribution in [3.63, 3.8) is 0 Å². The largest absolute Gasteiger partial charge is 0.486 e. The minimum Gasteiger partial charge on any atom is -0.486 e. The summed E-state index contributed by atoms with van der Waals surface area (Å²) in [6.45, 7) is 4.10. The average Bonchev–Trinajstić information content (AvgIpc) is 2.39. The second-order valence-corrected chi connectivity index (χ2v) is 4.04. The van der Waals surface area contributed by atoms with Gasteiger partial charge in [0, 0.05) is 12.6 Å². The molecule has 0 bridgehead atoms. The summed E-state index contributed by atoms with van der Waals surface area (Å²) in [5, 5.41) is 12.1. The zero-order chi connectivity index (χ0) is 12.1. The first-order chi connectivity index (χ1) is 8.35. The lowest BCUT2D eigenvalue weighted by atomic mass is 10.0. The predicted octanol–water partition coefficient (Wildman–Crippen LogP) is 1.49. The normalized spacial score (nSPS) is 15.6. The predicted molar refractivity (Wildman–Crippen MR) is 65.6 cm³/mol. The molecule has 0 amide bonds. The van der Waals surface area contributed by atoms with E-state index in [4.69, 9.17) is 14.6 Å². The Kier molecular flexibility index (Phi) is 4.23. The van der Waals surface area contributed by atoms with Crippen molar-refractivity contribution in [2.45, 2.75) is 19.4 Å². The topological polar surface area (TPSA) is 50.7 Å². The molecule has 1 heterocycles. The van der Waals surface area contributed by atoms with E-state index in [2.05, 4.69) is 12.2 Å². The summed E-state index contributed by atoms with van der Waals surface area (Å²) in [4.78, 5) is 0. The van der Waals surface area contributed by atoms with Crippen LogP contribution in [0, 0.1) is 0 Å². The van der Waals surface area contributed by atoms with E-state index < -0.39 is 0 Å². The van der Waals surface area contributed by atoms with Crippen LogP contribution in [0.15, 0.2) is 18.2 Å². The van der Waals surface area contributed by atoms with Crippen molar-refractivity contribution in [3.05, 3.63) is 23.8 Å². The fraction of sp³-hybridized carbons (Fsp3) is 0.538. The second kappa shape index (κ2) is 5.89. The SMILES string of the molecule is CCC(NCCO)c1ccc2c(c1)OCCO2. The van der Waals surface area contributed by atoms with Crippen LogP contribution in [0.2, 0.25) is 0 Å². The molecule has 1 aliphatic heterocycles. The third-order valence-electron chi connectivity index (χ3n) is 2.88. The van der Waals surface area contributed by atoms with Crippen molar-refractivity contribution in [2.75, 3.05) is 26.4 Å². The van der Waals surface area contributed by atoms with E-state index >= 15 is 0 Å². The van der Waals surface area contributed by atoms with Gasteiger partial charge in [-0.05, 0) is 24.1 Å². The highest BCUT2D eigenvalue weighted by Gasteiger charge is 2.15. The van der Waals surface area contributed by atoms with Gasteiger partial charge in [-0.1, -0.05) is 13.0 Å². The second-order valence-electron chi connectivity index (χ2n) is 4.04. The molecule has 4 heteroatoms. The first kappa shape index (κ1) is 12.2. The van der Waals surface area contributed by atoms with Gasteiger partial charge in [0.25, 0.3) is 0 Å². The lowest BCUT2D eigenvalue weighted by Gasteiger charge is -2.22. The van der Waals surface area contributed by atoms with E-state index in [1.54, 1.807) is 0 Å². The zero-order valence-electron chi connectivity index (χ0n) is 10.1. The molecule has 0 fully saturated rings. The van der Waals surface area contributed by atoms with Crippen molar-refractivity contribution >= 4 is 0 Å². The van der Waals surface area contributed by atoms with Gasteiger partial charge in [-0.15, -0.1) is 0 Å². The molecule has 17 heavy (non-hydrogen) atoms. The Labute approximate surface area is 102 Å². The third-order valence-corrected chi connectivity index (χ3v) is 2.88. The Bertz CT molecular complexity index is 368. The van der Waals surface area contributed by atoms with Gasteiger partial charge >= 0.3 is 0 Å². The highest BCUT2D eigenvalue weighted by molar-refractivity contribution is 5.44. The van der Waals surface area contributed by atoms with Crippen molar-refractivity contribution in [2.24, 2.45) is 0 Å². The highest BCUT2D eigenvalue weighted by atomic mass is 16.6. The third kappa shape index (κ3) is 2.90. The molecule has 0 saturated heterocycles. The van der Waals surface area contributed by atoms with Gasteiger partial charge in [0.15, 0.2) is 11.5 Å². The van der Waals surface area contributed by atoms with Gasteiger partial charge in [0.2, 0.25) is 0 Å². The summed E-state index contributed by atoms with van der Waals surface area (Å²) >= 11 is 0. The van der Waals surface area contributed by atoms with Gasteiger partial charge in [-0.2, -0.15) is 0 Å². The summed E-state index contributed by atoms with van der Waals surface area (Å²) in [6, 6.07) is 6.27. The van der Waals surface area contributed by atoms with Crippen LogP contribution in [-0.4, -0.2) is 31.5 Å². The molecule has 94 valence electrons. The lowest BCUT2D eigenvalue weighted by Crippen LogP contribution is -2.24. The fourth-order valence-corrected chi connectivity index (χ4v) is 2.01. The molecule has 1 aliphatic rings. The first-order valence-electron chi connectivity index (χ1n) is 6.09. The maximum atomic E-state index is 8.84. The Morgan fingerprint density at radius 2 is 2.06 bits per heavy atom. The molecule has 0 saturated carbocycles. The number of hydrogen-bond donors (Lipinski definition) is 2. The van der Waals surface area contributed by atoms with Crippen LogP contribution in [0.5, 0.6) is 11.5 Å². The summed E-state index contributed by atoms with van der Waals surface area (Å²) < 4.78 is 11.0. The maximum absolute atomic E-state index is 8.84. The van der Waals surface area contributed by atoms with Gasteiger partial charge in [-0.3, -0.25) is 0 Å². The standard InChI is InChI=1S/C13H19NO3/c1-2-11(14-5-6-15)10-3-4-12-13(9-10)17-8-7-16-12/h3-4,9,11,14-15H,2,5-8H2,1H3. The van der Waals surface area contributed by atoms with E-state index in [0.717, 1.165) is 17.9 Å². The van der Waals surface area contributed by atoms with Gasteiger partial charge < -0.3 is 19.9 Å². The van der Waals surface area contributed by atoms with Crippen LogP contribution in [0.3, 0.4) is 0 Å². The number of nitrogens with one attached hydrogen (secondary N) is 1. The number of fused-ring (bicyclic) bond motifs is 1. The molecule has 2 rings (SSSR count). The Hall–Kier alpha value is -1.26. The molecule has 0 aromatic heterocycles. The number of hydrogen-bond acceptors (Lipinski definition) is 4. The zero-order valence-corrected chi connectivity index (χ0v) is 10.1. The molecule has 1 aromatic rings. The summed E-state index contributed by atoms with van der Waals surface area (Å²) in [5.74, 6) is 1.63. The summed E-state index contributed by atoms with van der Waals surface area (Å²) in [6.07, 6.45) is 0.972. The Morgan fingerprint density at radius 1 is 1.29 bits per heavy atom. The first-order valence-corrected chi connectivity index (χ1v) is 6.09. The number of aliphatic hydroxyl groups is 1. The number of benzene rings is 1. The lowest BCUT2D eigenvalue weighted by molar-refractivity contribution is 0.171. The minimum atomic E-state index is 0.154. The molecule has 0 aliphatic carbocycles. The molecule has 1 atom stereocenters. The Balaban J connectivity index is 2.13. The molecular formula is C13H19NO3. The van der Waals surface area contributed by atoms with Gasteiger partial charge in [-0.25, -0.2) is 0 Å². The Morgan fingerprint density at radius 3 is 2.76 bits per heavy atom. The molecule has 1 aromatic carbocycles. The van der Waals surface area contributed by atoms with Gasteiger partial charge in [0.1, 0.15) is 13.2 Å². The number of rotatable bonds is 5. The average molecular weight is 237 g/mol. The van der Waals surface area contributed by atoms with Crippen LogP contribution >= 0.6 is 0 Å². The molecule has 0 spiro atoms. The van der Waals surface area contributed by atoms with Crippen LogP contribution in [-0.2, 0) is 0 Å². The van der Waals surface area contributed by atoms with E-state index in [0.29, 0.717) is 19.8 Å². The van der Waals surface area contributed by atoms with Crippen molar-refractivity contribution < 1.29 is 14.6 Å². The van der Waals surface area contributed by atoms with Crippen molar-refractivity contribution in [1.82, 2.24) is 5.32 Å². The van der Waals surface area contributed by atoms with Crippen molar-refractivity contribution in [1.29, 1.82) is 0 Å². The van der Waals surface area contributed by atoms with Crippen LogP contribution in [0.1, 0.15) is 24.9 Å². The quantitative estimate of drug-likeness (QED) is 0.814. The molecule has 2 N–H and O–H groups in total. The van der Waals surface area contributed by atoms with Crippen LogP contribution in [0.25, 0.3) is 0 Å². The van der Waals surface area contributed by atoms with E-state index in [-0.39, 0.29) is 12.6 Å². The van der Waals surface area contributed by atoms with Crippen LogP contribution < -0.4 is 14.8 Å². The van der Waals surface area contributed by atoms with E-state index in [9.17, 15) is 0 Å². The van der Waals surface area contributed by atoms with Gasteiger partial charge in [0.05, 0.1) is 6.61 Å². The molecule has 0 radical (unpaired) electrons. The summed E-state index contributed by atoms with van der Waals surface area (Å²) in [5.41, 5.74) is 1.17. The van der Waals surface area contributed by atoms with Crippen molar-refractivity contribution in [3.8, 4) is 11.5 Å². The monoisotopic (exact) mass is 237 g/mol. The smallest absolute Gasteiger partial charge is 0.161 e. The highest BCUT2D eigenvalue weighted by Crippen LogP contribution is 2.33. The molecular weight excluding hydrogens is 218 g/mol. The molecule has 1 unspecified atom stereocenters. The minimum absolute atomic E-state index is 0.154.